The standard InChI is InChI=1S/C12H17FN2/c1-12(2,3)10-5-7-4-8(14)6-9(13)11(7)15-10/h4,6,10,15H,5,14H2,1-3H3. The Bertz CT molecular complexity index is 393. The highest BCUT2D eigenvalue weighted by Gasteiger charge is 2.32. The molecule has 1 heterocycles. The minimum Gasteiger partial charge on any atom is -0.399 e. The van der Waals surface area contributed by atoms with Crippen LogP contribution in [0.1, 0.15) is 26.3 Å². The number of nitrogen functional groups attached to an aromatic ring is 1. The smallest absolute Gasteiger partial charge is 0.148 e. The van der Waals surface area contributed by atoms with Crippen LogP contribution >= 0.6 is 0 Å². The van der Waals surface area contributed by atoms with Crippen LogP contribution in [-0.4, -0.2) is 6.04 Å². The Kier molecular flexibility index (Phi) is 2.14. The maximum atomic E-state index is 13.6. The van der Waals surface area contributed by atoms with Gasteiger partial charge in [-0.25, -0.2) is 4.39 Å². The molecule has 3 heteroatoms. The predicted molar refractivity (Wildman–Crippen MR) is 61.4 cm³/mol. The second kappa shape index (κ2) is 3.12. The summed E-state index contributed by atoms with van der Waals surface area (Å²) in [7, 11) is 0. The molecule has 0 saturated heterocycles. The van der Waals surface area contributed by atoms with E-state index in [0.29, 0.717) is 11.4 Å². The zero-order chi connectivity index (χ0) is 11.2. The molecule has 0 saturated carbocycles. The molecule has 1 aromatic rings. The van der Waals surface area contributed by atoms with Gasteiger partial charge in [0.25, 0.3) is 0 Å². The van der Waals surface area contributed by atoms with Crippen molar-refractivity contribution in [3.8, 4) is 0 Å². The largest absolute Gasteiger partial charge is 0.399 e. The molecule has 0 bridgehead atoms. The van der Waals surface area contributed by atoms with Gasteiger partial charge in [0.2, 0.25) is 0 Å². The summed E-state index contributed by atoms with van der Waals surface area (Å²) in [5.74, 6) is -0.239. The lowest BCUT2D eigenvalue weighted by atomic mass is 9.85. The van der Waals surface area contributed by atoms with Crippen LogP contribution in [0.5, 0.6) is 0 Å². The summed E-state index contributed by atoms with van der Waals surface area (Å²) in [5.41, 5.74) is 7.87. The van der Waals surface area contributed by atoms with Crippen LogP contribution in [0.4, 0.5) is 15.8 Å². The SMILES string of the molecule is CC(C)(C)C1Cc2cc(N)cc(F)c2N1. The molecule has 0 spiro atoms. The van der Waals surface area contributed by atoms with E-state index >= 15 is 0 Å². The molecule has 1 aliphatic heterocycles. The Balaban J connectivity index is 2.35. The molecule has 1 aliphatic rings. The number of anilines is 2. The van der Waals surface area contributed by atoms with Crippen LogP contribution in [0.15, 0.2) is 12.1 Å². The van der Waals surface area contributed by atoms with Gasteiger partial charge in [0.15, 0.2) is 0 Å². The second-order valence-electron chi connectivity index (χ2n) is 5.30. The molecule has 15 heavy (non-hydrogen) atoms. The first kappa shape index (κ1) is 10.3. The van der Waals surface area contributed by atoms with Crippen molar-refractivity contribution in [3.63, 3.8) is 0 Å². The maximum absolute atomic E-state index is 13.6. The molecular weight excluding hydrogens is 191 g/mol. The zero-order valence-electron chi connectivity index (χ0n) is 9.39. The average Bonchev–Trinajstić information content (AvgIpc) is 2.46. The fourth-order valence-corrected chi connectivity index (χ4v) is 1.98. The Hall–Kier alpha value is -1.25. The average molecular weight is 208 g/mol. The minimum absolute atomic E-state index is 0.125. The van der Waals surface area contributed by atoms with Gasteiger partial charge in [-0.05, 0) is 29.5 Å². The van der Waals surface area contributed by atoms with Gasteiger partial charge in [-0.1, -0.05) is 20.8 Å². The van der Waals surface area contributed by atoms with Crippen molar-refractivity contribution < 1.29 is 4.39 Å². The van der Waals surface area contributed by atoms with E-state index in [9.17, 15) is 4.39 Å². The molecule has 2 rings (SSSR count). The molecular formula is C12H17FN2. The van der Waals surface area contributed by atoms with E-state index in [4.69, 9.17) is 5.73 Å². The van der Waals surface area contributed by atoms with E-state index in [1.807, 2.05) is 6.07 Å². The van der Waals surface area contributed by atoms with Crippen molar-refractivity contribution in [1.82, 2.24) is 0 Å². The van der Waals surface area contributed by atoms with E-state index in [1.54, 1.807) is 0 Å². The maximum Gasteiger partial charge on any atom is 0.148 e. The van der Waals surface area contributed by atoms with E-state index in [2.05, 4.69) is 26.1 Å². The normalized spacial score (nSPS) is 19.9. The molecule has 0 amide bonds. The van der Waals surface area contributed by atoms with Crippen LogP contribution < -0.4 is 11.1 Å². The third kappa shape index (κ3) is 1.78. The molecule has 82 valence electrons. The molecule has 0 aromatic heterocycles. The monoisotopic (exact) mass is 208 g/mol. The third-order valence-corrected chi connectivity index (χ3v) is 2.98. The number of hydrogen-bond donors (Lipinski definition) is 2. The van der Waals surface area contributed by atoms with Gasteiger partial charge in [-0.15, -0.1) is 0 Å². The first-order valence-corrected chi connectivity index (χ1v) is 5.22. The van der Waals surface area contributed by atoms with E-state index in [0.717, 1.165) is 12.0 Å². The molecule has 0 radical (unpaired) electrons. The van der Waals surface area contributed by atoms with E-state index in [-0.39, 0.29) is 17.3 Å². The highest BCUT2D eigenvalue weighted by atomic mass is 19.1. The Morgan fingerprint density at radius 1 is 1.40 bits per heavy atom. The Labute approximate surface area is 89.7 Å². The number of halogens is 1. The van der Waals surface area contributed by atoms with E-state index < -0.39 is 0 Å². The Morgan fingerprint density at radius 2 is 2.07 bits per heavy atom. The van der Waals surface area contributed by atoms with Crippen molar-refractivity contribution >= 4 is 11.4 Å². The summed E-state index contributed by atoms with van der Waals surface area (Å²) in [4.78, 5) is 0. The summed E-state index contributed by atoms with van der Waals surface area (Å²) in [6.45, 7) is 6.45. The number of fused-ring (bicyclic) bond motifs is 1. The number of nitrogens with two attached hydrogens (primary N) is 1. The molecule has 1 aromatic carbocycles. The molecule has 0 aliphatic carbocycles. The second-order valence-corrected chi connectivity index (χ2v) is 5.30. The molecule has 1 unspecified atom stereocenters. The summed E-state index contributed by atoms with van der Waals surface area (Å²) < 4.78 is 13.6. The first-order valence-electron chi connectivity index (χ1n) is 5.22. The van der Waals surface area contributed by atoms with Gasteiger partial charge >= 0.3 is 0 Å². The molecule has 0 fully saturated rings. The molecule has 1 atom stereocenters. The summed E-state index contributed by atoms with van der Waals surface area (Å²) in [6.07, 6.45) is 0.848. The summed E-state index contributed by atoms with van der Waals surface area (Å²) in [5, 5.41) is 3.24. The fraction of sp³-hybridized carbons (Fsp3) is 0.500. The summed E-state index contributed by atoms with van der Waals surface area (Å²) >= 11 is 0. The van der Waals surface area contributed by atoms with Gasteiger partial charge < -0.3 is 11.1 Å². The first-order chi connectivity index (χ1) is 6.88. The van der Waals surface area contributed by atoms with E-state index in [1.165, 1.54) is 6.07 Å². The fourth-order valence-electron chi connectivity index (χ4n) is 1.98. The van der Waals surface area contributed by atoms with Crippen molar-refractivity contribution in [3.05, 3.63) is 23.5 Å². The zero-order valence-corrected chi connectivity index (χ0v) is 9.39. The van der Waals surface area contributed by atoms with Gasteiger partial charge in [0.05, 0.1) is 5.69 Å². The van der Waals surface area contributed by atoms with Gasteiger partial charge in [-0.3, -0.25) is 0 Å². The topological polar surface area (TPSA) is 38.0 Å². The van der Waals surface area contributed by atoms with Gasteiger partial charge in [0.1, 0.15) is 5.82 Å². The third-order valence-electron chi connectivity index (χ3n) is 2.98. The highest BCUT2D eigenvalue weighted by molar-refractivity contribution is 5.63. The molecule has 3 N–H and O–H groups in total. The number of benzene rings is 1. The number of nitrogens with one attached hydrogen (secondary N) is 1. The van der Waals surface area contributed by atoms with Crippen LogP contribution in [-0.2, 0) is 6.42 Å². The predicted octanol–water partition coefficient (Wildman–Crippen LogP) is 2.79. The van der Waals surface area contributed by atoms with Crippen molar-refractivity contribution in [2.45, 2.75) is 33.2 Å². The van der Waals surface area contributed by atoms with Crippen LogP contribution in [0.3, 0.4) is 0 Å². The van der Waals surface area contributed by atoms with Gasteiger partial charge in [-0.2, -0.15) is 0 Å². The van der Waals surface area contributed by atoms with Crippen molar-refractivity contribution in [1.29, 1.82) is 0 Å². The lowest BCUT2D eigenvalue weighted by Gasteiger charge is -2.27. The van der Waals surface area contributed by atoms with Crippen molar-refractivity contribution in [2.75, 3.05) is 11.1 Å². The lowest BCUT2D eigenvalue weighted by molar-refractivity contribution is 0.347. The van der Waals surface area contributed by atoms with Crippen LogP contribution in [0.2, 0.25) is 0 Å². The van der Waals surface area contributed by atoms with Crippen LogP contribution in [0, 0.1) is 11.2 Å². The van der Waals surface area contributed by atoms with Crippen LogP contribution in [0.25, 0.3) is 0 Å². The lowest BCUT2D eigenvalue weighted by Crippen LogP contribution is -2.31. The number of rotatable bonds is 0. The quantitative estimate of drug-likeness (QED) is 0.643. The Morgan fingerprint density at radius 3 is 2.67 bits per heavy atom. The van der Waals surface area contributed by atoms with Gasteiger partial charge in [0, 0.05) is 11.7 Å². The number of hydrogen-bond acceptors (Lipinski definition) is 2. The minimum atomic E-state index is -0.239. The van der Waals surface area contributed by atoms with Crippen molar-refractivity contribution in [2.24, 2.45) is 5.41 Å². The summed E-state index contributed by atoms with van der Waals surface area (Å²) in [6, 6.07) is 3.51. The highest BCUT2D eigenvalue weighted by Crippen LogP contribution is 2.36. The molecule has 2 nitrogen and oxygen atoms in total.